The van der Waals surface area contributed by atoms with Crippen molar-refractivity contribution in [2.75, 3.05) is 18.5 Å². The van der Waals surface area contributed by atoms with Crippen molar-refractivity contribution < 1.29 is 9.47 Å². The van der Waals surface area contributed by atoms with Crippen molar-refractivity contribution in [1.82, 2.24) is 0 Å². The van der Waals surface area contributed by atoms with Crippen LogP contribution in [0.3, 0.4) is 0 Å². The molecule has 22 heavy (non-hydrogen) atoms. The van der Waals surface area contributed by atoms with E-state index in [4.69, 9.17) is 9.47 Å². The van der Waals surface area contributed by atoms with E-state index < -0.39 is 0 Å². The zero-order valence-electron chi connectivity index (χ0n) is 13.5. The van der Waals surface area contributed by atoms with Crippen molar-refractivity contribution >= 4 is 5.69 Å². The molecular weight excluding hydrogens is 274 g/mol. The van der Waals surface area contributed by atoms with Gasteiger partial charge in [0.05, 0.1) is 18.9 Å². The second-order valence-electron chi connectivity index (χ2n) is 5.13. The maximum atomic E-state index is 5.75. The summed E-state index contributed by atoms with van der Waals surface area (Å²) in [6.07, 6.45) is 2.24. The molecular formula is C19H25NO2. The minimum atomic E-state index is 0.666. The molecule has 0 radical (unpaired) electrons. The molecule has 2 aromatic carbocycles. The molecule has 3 heteroatoms. The first-order valence-electron chi connectivity index (χ1n) is 8.01. The average molecular weight is 299 g/mol. The van der Waals surface area contributed by atoms with Gasteiger partial charge in [-0.2, -0.15) is 0 Å². The van der Waals surface area contributed by atoms with Gasteiger partial charge in [-0.3, -0.25) is 0 Å². The van der Waals surface area contributed by atoms with E-state index in [2.05, 4.69) is 24.4 Å². The summed E-state index contributed by atoms with van der Waals surface area (Å²) in [4.78, 5) is 0. The molecule has 0 saturated carbocycles. The zero-order chi connectivity index (χ0) is 15.6. The summed E-state index contributed by atoms with van der Waals surface area (Å²) in [5.74, 6) is 1.83. The van der Waals surface area contributed by atoms with Gasteiger partial charge in [0.1, 0.15) is 11.5 Å². The van der Waals surface area contributed by atoms with E-state index in [1.807, 2.05) is 43.3 Å². The number of hydrogen-bond acceptors (Lipinski definition) is 3. The Hall–Kier alpha value is -2.16. The number of para-hydroxylation sites is 2. The highest BCUT2D eigenvalue weighted by atomic mass is 16.5. The van der Waals surface area contributed by atoms with Crippen molar-refractivity contribution in [3.63, 3.8) is 0 Å². The zero-order valence-corrected chi connectivity index (χ0v) is 13.5. The van der Waals surface area contributed by atoms with Crippen LogP contribution in [0.4, 0.5) is 5.69 Å². The molecule has 2 aromatic rings. The monoisotopic (exact) mass is 299 g/mol. The molecule has 0 spiro atoms. The van der Waals surface area contributed by atoms with Crippen LogP contribution in [0, 0.1) is 0 Å². The lowest BCUT2D eigenvalue weighted by Gasteiger charge is -2.13. The molecule has 0 unspecified atom stereocenters. The lowest BCUT2D eigenvalue weighted by Crippen LogP contribution is -2.03. The van der Waals surface area contributed by atoms with E-state index in [0.29, 0.717) is 6.61 Å². The maximum Gasteiger partial charge on any atom is 0.142 e. The van der Waals surface area contributed by atoms with Gasteiger partial charge in [-0.05, 0) is 43.2 Å². The highest BCUT2D eigenvalue weighted by Gasteiger charge is 2.02. The number of benzene rings is 2. The molecule has 3 nitrogen and oxygen atoms in total. The Balaban J connectivity index is 1.95. The topological polar surface area (TPSA) is 30.5 Å². The number of rotatable bonds is 9. The highest BCUT2D eigenvalue weighted by Crippen LogP contribution is 2.24. The largest absolute Gasteiger partial charge is 0.494 e. The predicted octanol–water partition coefficient (Wildman–Crippen LogP) is 4.88. The molecule has 0 saturated heterocycles. The van der Waals surface area contributed by atoms with Crippen molar-refractivity contribution in [3.8, 4) is 11.5 Å². The molecule has 0 aliphatic carbocycles. The Bertz CT molecular complexity index is 569. The van der Waals surface area contributed by atoms with Gasteiger partial charge in [-0.15, -0.1) is 0 Å². The van der Waals surface area contributed by atoms with E-state index in [9.17, 15) is 0 Å². The van der Waals surface area contributed by atoms with E-state index >= 15 is 0 Å². The number of ether oxygens (including phenoxy) is 2. The molecule has 0 aliphatic rings. The first-order chi connectivity index (χ1) is 10.8. The second-order valence-corrected chi connectivity index (χ2v) is 5.13. The van der Waals surface area contributed by atoms with Crippen molar-refractivity contribution in [1.29, 1.82) is 0 Å². The smallest absolute Gasteiger partial charge is 0.142 e. The van der Waals surface area contributed by atoms with Crippen LogP contribution in [-0.2, 0) is 6.54 Å². The Morgan fingerprint density at radius 2 is 1.82 bits per heavy atom. The van der Waals surface area contributed by atoms with Crippen molar-refractivity contribution in [2.45, 2.75) is 33.2 Å². The molecule has 0 bridgehead atoms. The Morgan fingerprint density at radius 1 is 0.955 bits per heavy atom. The van der Waals surface area contributed by atoms with Crippen LogP contribution in [0.1, 0.15) is 32.3 Å². The third-order valence-electron chi connectivity index (χ3n) is 3.33. The van der Waals surface area contributed by atoms with Crippen LogP contribution < -0.4 is 14.8 Å². The van der Waals surface area contributed by atoms with Gasteiger partial charge in [0.15, 0.2) is 0 Å². The molecule has 0 fully saturated rings. The lowest BCUT2D eigenvalue weighted by molar-refractivity contribution is 0.309. The van der Waals surface area contributed by atoms with Crippen LogP contribution in [0.25, 0.3) is 0 Å². The Morgan fingerprint density at radius 3 is 2.64 bits per heavy atom. The fourth-order valence-corrected chi connectivity index (χ4v) is 2.17. The number of unbranched alkanes of at least 4 members (excludes halogenated alkanes) is 1. The second kappa shape index (κ2) is 8.98. The first-order valence-corrected chi connectivity index (χ1v) is 8.01. The van der Waals surface area contributed by atoms with Crippen LogP contribution in [0.5, 0.6) is 11.5 Å². The summed E-state index contributed by atoms with van der Waals surface area (Å²) in [6, 6.07) is 16.2. The van der Waals surface area contributed by atoms with Crippen LogP contribution in [0.2, 0.25) is 0 Å². The quantitative estimate of drug-likeness (QED) is 0.670. The standard InChI is InChI=1S/C19H25NO2/c1-3-5-13-22-17-10-8-9-16(14-17)15-20-18-11-6-7-12-19(18)21-4-2/h6-12,14,20H,3-5,13,15H2,1-2H3. The number of nitrogens with one attached hydrogen (secondary N) is 1. The Labute approximate surface area is 133 Å². The molecule has 0 aromatic heterocycles. The molecule has 0 aliphatic heterocycles. The lowest BCUT2D eigenvalue weighted by atomic mass is 10.2. The van der Waals surface area contributed by atoms with Gasteiger partial charge in [0.2, 0.25) is 0 Å². The third-order valence-corrected chi connectivity index (χ3v) is 3.33. The summed E-state index contributed by atoms with van der Waals surface area (Å²) < 4.78 is 11.4. The van der Waals surface area contributed by atoms with Gasteiger partial charge in [0.25, 0.3) is 0 Å². The molecule has 2 rings (SSSR count). The van der Waals surface area contributed by atoms with Gasteiger partial charge in [-0.1, -0.05) is 37.6 Å². The van der Waals surface area contributed by atoms with Gasteiger partial charge in [0, 0.05) is 6.54 Å². The fourth-order valence-electron chi connectivity index (χ4n) is 2.17. The summed E-state index contributed by atoms with van der Waals surface area (Å²) in [5, 5.41) is 3.43. The predicted molar refractivity (Wildman–Crippen MR) is 91.8 cm³/mol. The van der Waals surface area contributed by atoms with Gasteiger partial charge < -0.3 is 14.8 Å². The summed E-state index contributed by atoms with van der Waals surface area (Å²) in [5.41, 5.74) is 2.21. The van der Waals surface area contributed by atoms with Gasteiger partial charge >= 0.3 is 0 Å². The van der Waals surface area contributed by atoms with E-state index in [1.165, 1.54) is 5.56 Å². The van der Waals surface area contributed by atoms with E-state index in [1.54, 1.807) is 0 Å². The highest BCUT2D eigenvalue weighted by molar-refractivity contribution is 5.56. The number of anilines is 1. The Kier molecular flexibility index (Phi) is 6.62. The average Bonchev–Trinajstić information content (AvgIpc) is 2.55. The van der Waals surface area contributed by atoms with E-state index in [-0.39, 0.29) is 0 Å². The number of hydrogen-bond donors (Lipinski definition) is 1. The van der Waals surface area contributed by atoms with Crippen LogP contribution in [-0.4, -0.2) is 13.2 Å². The molecule has 0 heterocycles. The molecule has 0 amide bonds. The van der Waals surface area contributed by atoms with E-state index in [0.717, 1.165) is 43.2 Å². The van der Waals surface area contributed by atoms with Crippen LogP contribution >= 0.6 is 0 Å². The normalized spacial score (nSPS) is 10.3. The maximum absolute atomic E-state index is 5.75. The van der Waals surface area contributed by atoms with Crippen LogP contribution in [0.15, 0.2) is 48.5 Å². The van der Waals surface area contributed by atoms with Crippen molar-refractivity contribution in [2.24, 2.45) is 0 Å². The van der Waals surface area contributed by atoms with Crippen molar-refractivity contribution in [3.05, 3.63) is 54.1 Å². The fraction of sp³-hybridized carbons (Fsp3) is 0.368. The van der Waals surface area contributed by atoms with Gasteiger partial charge in [-0.25, -0.2) is 0 Å². The summed E-state index contributed by atoms with van der Waals surface area (Å²) in [6.45, 7) is 6.35. The first kappa shape index (κ1) is 16.2. The SMILES string of the molecule is CCCCOc1cccc(CNc2ccccc2OCC)c1. The minimum Gasteiger partial charge on any atom is -0.494 e. The summed E-state index contributed by atoms with van der Waals surface area (Å²) >= 11 is 0. The molecule has 0 atom stereocenters. The third kappa shape index (κ3) is 4.99. The molecule has 1 N–H and O–H groups in total. The summed E-state index contributed by atoms with van der Waals surface area (Å²) in [7, 11) is 0. The minimum absolute atomic E-state index is 0.666. The molecule has 118 valence electrons.